The minimum absolute atomic E-state index is 0.0435. The van der Waals surface area contributed by atoms with Gasteiger partial charge in [0.05, 0.1) is 12.1 Å². The van der Waals surface area contributed by atoms with Crippen molar-refractivity contribution in [2.75, 3.05) is 13.1 Å². The summed E-state index contributed by atoms with van der Waals surface area (Å²) in [4.78, 5) is 30.8. The second-order valence-corrected chi connectivity index (χ2v) is 8.37. The molecule has 2 heterocycles. The van der Waals surface area contributed by atoms with Gasteiger partial charge < -0.3 is 19.4 Å². The second kappa shape index (κ2) is 8.68. The maximum atomic E-state index is 12.5. The Balaban J connectivity index is 1.50. The van der Waals surface area contributed by atoms with Crippen LogP contribution in [0.5, 0.6) is 0 Å². The van der Waals surface area contributed by atoms with Crippen LogP contribution >= 0.6 is 0 Å². The zero-order chi connectivity index (χ0) is 21.0. The fourth-order valence-corrected chi connectivity index (χ4v) is 3.26. The van der Waals surface area contributed by atoms with Gasteiger partial charge in [0.15, 0.2) is 0 Å². The van der Waals surface area contributed by atoms with Gasteiger partial charge in [0.1, 0.15) is 11.4 Å². The molecule has 7 heteroatoms. The molecule has 1 N–H and O–H groups in total. The van der Waals surface area contributed by atoms with E-state index in [1.54, 1.807) is 4.90 Å². The lowest BCUT2D eigenvalue weighted by Crippen LogP contribution is -2.48. The molecule has 156 valence electrons. The Bertz CT molecular complexity index is 847. The highest BCUT2D eigenvalue weighted by atomic mass is 16.6. The summed E-state index contributed by atoms with van der Waals surface area (Å²) in [6, 6.07) is 9.67. The molecular formula is C22H29N3O4. The molecular weight excluding hydrogens is 370 g/mol. The predicted octanol–water partition coefficient (Wildman–Crippen LogP) is 3.71. The number of carbonyl (C=O) groups is 2. The van der Waals surface area contributed by atoms with Gasteiger partial charge in [-0.25, -0.2) is 9.78 Å². The van der Waals surface area contributed by atoms with Crippen LogP contribution in [0.3, 0.4) is 0 Å². The maximum absolute atomic E-state index is 12.5. The molecule has 0 atom stereocenters. The zero-order valence-electron chi connectivity index (χ0n) is 17.5. The van der Waals surface area contributed by atoms with Crippen LogP contribution in [-0.2, 0) is 16.0 Å². The molecule has 3 rings (SSSR count). The van der Waals surface area contributed by atoms with Crippen molar-refractivity contribution in [2.45, 2.75) is 58.6 Å². The van der Waals surface area contributed by atoms with Crippen LogP contribution in [0.25, 0.3) is 11.5 Å². The lowest BCUT2D eigenvalue weighted by molar-refractivity contribution is -0.121. The second-order valence-electron chi connectivity index (χ2n) is 8.37. The van der Waals surface area contributed by atoms with Crippen molar-refractivity contribution in [1.82, 2.24) is 15.2 Å². The summed E-state index contributed by atoms with van der Waals surface area (Å²) in [5.74, 6) is 1.09. The number of hydrogen-bond acceptors (Lipinski definition) is 5. The van der Waals surface area contributed by atoms with Crippen LogP contribution in [0.15, 0.2) is 34.7 Å². The Kier molecular flexibility index (Phi) is 6.25. The first kappa shape index (κ1) is 20.9. The summed E-state index contributed by atoms with van der Waals surface area (Å²) >= 11 is 0. The third-order valence-electron chi connectivity index (χ3n) is 4.75. The number of nitrogens with zero attached hydrogens (tertiary/aromatic N) is 2. The molecule has 0 radical (unpaired) electrons. The fourth-order valence-electron chi connectivity index (χ4n) is 3.26. The minimum atomic E-state index is -0.504. The largest absolute Gasteiger partial charge is 0.444 e. The third-order valence-corrected chi connectivity index (χ3v) is 4.75. The molecule has 1 aliphatic heterocycles. The molecule has 0 spiro atoms. The number of benzene rings is 1. The summed E-state index contributed by atoms with van der Waals surface area (Å²) in [7, 11) is 0. The predicted molar refractivity (Wildman–Crippen MR) is 109 cm³/mol. The Morgan fingerprint density at radius 1 is 1.21 bits per heavy atom. The van der Waals surface area contributed by atoms with Crippen molar-refractivity contribution in [3.8, 4) is 11.5 Å². The Morgan fingerprint density at radius 3 is 2.48 bits per heavy atom. The number of aryl methyl sites for hydroxylation is 1. The van der Waals surface area contributed by atoms with E-state index in [2.05, 4.69) is 10.3 Å². The normalized spacial score (nSPS) is 15.2. The molecule has 1 saturated heterocycles. The number of likely N-dealkylation sites (tertiary alicyclic amines) is 1. The lowest BCUT2D eigenvalue weighted by Gasteiger charge is -2.33. The SMILES string of the molecule is Cc1oc(-c2ccccc2)nc1CC(=O)NC1CCN(C(=O)OC(C)(C)C)CC1. The highest BCUT2D eigenvalue weighted by molar-refractivity contribution is 5.79. The van der Waals surface area contributed by atoms with Gasteiger partial charge in [-0.1, -0.05) is 18.2 Å². The van der Waals surface area contributed by atoms with Crippen molar-refractivity contribution in [2.24, 2.45) is 0 Å². The van der Waals surface area contributed by atoms with E-state index >= 15 is 0 Å². The fraction of sp³-hybridized carbons (Fsp3) is 0.500. The maximum Gasteiger partial charge on any atom is 0.410 e. The van der Waals surface area contributed by atoms with E-state index in [1.165, 1.54) is 0 Å². The quantitative estimate of drug-likeness (QED) is 0.847. The lowest BCUT2D eigenvalue weighted by atomic mass is 10.0. The first-order valence-electron chi connectivity index (χ1n) is 10.0. The van der Waals surface area contributed by atoms with Gasteiger partial charge in [-0.15, -0.1) is 0 Å². The molecule has 0 unspecified atom stereocenters. The molecule has 2 amide bonds. The average molecular weight is 399 g/mol. The highest BCUT2D eigenvalue weighted by Crippen LogP contribution is 2.22. The van der Waals surface area contributed by atoms with Gasteiger partial charge in [-0.3, -0.25) is 4.79 Å². The Morgan fingerprint density at radius 2 is 1.86 bits per heavy atom. The number of rotatable bonds is 4. The van der Waals surface area contributed by atoms with Gasteiger partial charge in [0.2, 0.25) is 11.8 Å². The van der Waals surface area contributed by atoms with Crippen LogP contribution < -0.4 is 5.32 Å². The first-order valence-corrected chi connectivity index (χ1v) is 10.0. The first-order chi connectivity index (χ1) is 13.7. The van der Waals surface area contributed by atoms with Crippen LogP contribution in [0.4, 0.5) is 4.79 Å². The number of aromatic nitrogens is 1. The Labute approximate surface area is 171 Å². The van der Waals surface area contributed by atoms with E-state index < -0.39 is 5.60 Å². The van der Waals surface area contributed by atoms with Gasteiger partial charge >= 0.3 is 6.09 Å². The molecule has 7 nitrogen and oxygen atoms in total. The molecule has 1 aromatic heterocycles. The molecule has 0 bridgehead atoms. The molecule has 1 fully saturated rings. The van der Waals surface area contributed by atoms with E-state index in [-0.39, 0.29) is 24.5 Å². The summed E-state index contributed by atoms with van der Waals surface area (Å²) in [5, 5.41) is 3.05. The van der Waals surface area contributed by atoms with Crippen molar-refractivity contribution in [1.29, 1.82) is 0 Å². The number of oxazole rings is 1. The number of carbonyl (C=O) groups excluding carboxylic acids is 2. The number of nitrogens with one attached hydrogen (secondary N) is 1. The van der Waals surface area contributed by atoms with Crippen LogP contribution in [0.2, 0.25) is 0 Å². The van der Waals surface area contributed by atoms with Gasteiger partial charge in [-0.05, 0) is 52.7 Å². The van der Waals surface area contributed by atoms with E-state index in [4.69, 9.17) is 9.15 Å². The monoisotopic (exact) mass is 399 g/mol. The number of amides is 2. The van der Waals surface area contributed by atoms with Crippen LogP contribution in [0, 0.1) is 6.92 Å². The summed E-state index contributed by atoms with van der Waals surface area (Å²) < 4.78 is 11.1. The van der Waals surface area contributed by atoms with Gasteiger partial charge in [-0.2, -0.15) is 0 Å². The van der Waals surface area contributed by atoms with Crippen molar-refractivity contribution in [3.05, 3.63) is 41.8 Å². The summed E-state index contributed by atoms with van der Waals surface area (Å²) in [5.41, 5.74) is 1.03. The van der Waals surface area contributed by atoms with Crippen LogP contribution in [-0.4, -0.2) is 46.6 Å². The van der Waals surface area contributed by atoms with E-state index in [9.17, 15) is 9.59 Å². The number of hydrogen-bond donors (Lipinski definition) is 1. The summed E-state index contributed by atoms with van der Waals surface area (Å²) in [6.07, 6.45) is 1.29. The van der Waals surface area contributed by atoms with Crippen molar-refractivity contribution >= 4 is 12.0 Å². The molecule has 0 saturated carbocycles. The van der Waals surface area contributed by atoms with Crippen molar-refractivity contribution in [3.63, 3.8) is 0 Å². The molecule has 1 aliphatic rings. The third kappa shape index (κ3) is 5.82. The van der Waals surface area contributed by atoms with Crippen LogP contribution in [0.1, 0.15) is 45.1 Å². The Hall–Kier alpha value is -2.83. The zero-order valence-corrected chi connectivity index (χ0v) is 17.5. The molecule has 29 heavy (non-hydrogen) atoms. The summed E-state index contributed by atoms with van der Waals surface area (Å²) in [6.45, 7) is 8.52. The van der Waals surface area contributed by atoms with E-state index in [1.807, 2.05) is 58.0 Å². The standard InChI is InChI=1S/C22H29N3O4/c1-15-18(24-20(28-15)16-8-6-5-7-9-16)14-19(26)23-17-10-12-25(13-11-17)21(27)29-22(2,3)4/h5-9,17H,10-14H2,1-4H3,(H,23,26). The topological polar surface area (TPSA) is 84.7 Å². The van der Waals surface area contributed by atoms with Gasteiger partial charge in [0, 0.05) is 24.7 Å². The van der Waals surface area contributed by atoms with E-state index in [0.717, 1.165) is 5.56 Å². The van der Waals surface area contributed by atoms with Crippen molar-refractivity contribution < 1.29 is 18.7 Å². The molecule has 0 aliphatic carbocycles. The van der Waals surface area contributed by atoms with E-state index in [0.29, 0.717) is 43.3 Å². The number of ether oxygens (including phenoxy) is 1. The number of piperidine rings is 1. The average Bonchev–Trinajstić information content (AvgIpc) is 3.02. The molecule has 2 aromatic rings. The highest BCUT2D eigenvalue weighted by Gasteiger charge is 2.27. The molecule has 1 aromatic carbocycles. The van der Waals surface area contributed by atoms with Gasteiger partial charge in [0.25, 0.3) is 0 Å². The minimum Gasteiger partial charge on any atom is -0.444 e. The smallest absolute Gasteiger partial charge is 0.410 e.